The van der Waals surface area contributed by atoms with Crippen LogP contribution < -0.4 is 0 Å². The first kappa shape index (κ1) is 12.4. The van der Waals surface area contributed by atoms with Crippen LogP contribution in [0.1, 0.15) is 39.5 Å². The van der Waals surface area contributed by atoms with E-state index in [0.29, 0.717) is 19.6 Å². The number of carbonyl (C=O) groups is 1. The summed E-state index contributed by atoms with van der Waals surface area (Å²) in [5.41, 5.74) is 0. The monoisotopic (exact) mass is 189 g/mol. The predicted molar refractivity (Wildman–Crippen MR) is 49.6 cm³/mol. The molecule has 0 spiro atoms. The second-order valence-corrected chi connectivity index (χ2v) is 2.76. The highest BCUT2D eigenvalue weighted by molar-refractivity contribution is 5.43. The third-order valence-corrected chi connectivity index (χ3v) is 1.52. The van der Waals surface area contributed by atoms with E-state index in [1.54, 1.807) is 0 Å². The summed E-state index contributed by atoms with van der Waals surface area (Å²) in [7, 11) is 0. The van der Waals surface area contributed by atoms with Crippen LogP contribution in [-0.2, 0) is 14.5 Å². The Kier molecular flexibility index (Phi) is 9.03. The molecule has 0 aliphatic heterocycles. The van der Waals surface area contributed by atoms with Gasteiger partial charge in [-0.2, -0.15) is 0 Å². The average molecular weight is 189 g/mol. The normalized spacial score (nSPS) is 10.0. The molecule has 78 valence electrons. The number of hydroxylamine groups is 2. The zero-order chi connectivity index (χ0) is 9.94. The van der Waals surface area contributed by atoms with Crippen molar-refractivity contribution in [1.82, 2.24) is 5.23 Å². The minimum Gasteiger partial charge on any atom is -0.274 e. The highest BCUT2D eigenvalue weighted by Crippen LogP contribution is 1.95. The van der Waals surface area contributed by atoms with E-state index in [1.807, 2.05) is 0 Å². The van der Waals surface area contributed by atoms with Gasteiger partial charge in [0.15, 0.2) is 0 Å². The van der Waals surface area contributed by atoms with Gasteiger partial charge in [0.2, 0.25) is 0 Å². The zero-order valence-electron chi connectivity index (χ0n) is 8.49. The van der Waals surface area contributed by atoms with E-state index in [-0.39, 0.29) is 0 Å². The molecule has 0 aromatic rings. The molecule has 0 saturated carbocycles. The summed E-state index contributed by atoms with van der Waals surface area (Å²) < 4.78 is 0. The molecule has 4 nitrogen and oxygen atoms in total. The third-order valence-electron chi connectivity index (χ3n) is 1.52. The highest BCUT2D eigenvalue weighted by Gasteiger charge is 2.00. The molecule has 0 fully saturated rings. The van der Waals surface area contributed by atoms with Crippen molar-refractivity contribution < 1.29 is 14.5 Å². The molecule has 0 aromatic carbocycles. The van der Waals surface area contributed by atoms with Crippen LogP contribution in [0.5, 0.6) is 0 Å². The van der Waals surface area contributed by atoms with Crippen LogP contribution in [0, 0.1) is 0 Å². The maximum atomic E-state index is 10.4. The van der Waals surface area contributed by atoms with E-state index in [2.05, 4.69) is 13.8 Å². The van der Waals surface area contributed by atoms with Crippen molar-refractivity contribution in [1.29, 1.82) is 0 Å². The summed E-state index contributed by atoms with van der Waals surface area (Å²) in [5, 5.41) is 0.908. The van der Waals surface area contributed by atoms with Gasteiger partial charge in [-0.3, -0.25) is 4.79 Å². The standard InChI is InChI=1S/C9H19NO3/c1-3-5-7-12-10(9-11)13-8-6-4-2/h9H,3-8H2,1-2H3. The molecule has 0 heterocycles. The molecular formula is C9H19NO3. The Morgan fingerprint density at radius 2 is 1.54 bits per heavy atom. The fraction of sp³-hybridized carbons (Fsp3) is 0.889. The van der Waals surface area contributed by atoms with E-state index in [1.165, 1.54) is 0 Å². The predicted octanol–water partition coefficient (Wildman–Crippen LogP) is 1.91. The first-order chi connectivity index (χ1) is 6.35. The number of nitrogens with zero attached hydrogens (tertiary/aromatic N) is 1. The molecular weight excluding hydrogens is 170 g/mol. The Labute approximate surface area is 79.7 Å². The van der Waals surface area contributed by atoms with Gasteiger partial charge in [-0.1, -0.05) is 31.9 Å². The van der Waals surface area contributed by atoms with Gasteiger partial charge < -0.3 is 0 Å². The molecule has 13 heavy (non-hydrogen) atoms. The SMILES string of the molecule is CCCCON(C=O)OCCCC. The number of hydrogen-bond donors (Lipinski definition) is 0. The number of rotatable bonds is 9. The molecule has 0 aliphatic rings. The van der Waals surface area contributed by atoms with Crippen molar-refractivity contribution in [2.24, 2.45) is 0 Å². The quantitative estimate of drug-likeness (QED) is 0.316. The molecule has 0 unspecified atom stereocenters. The fourth-order valence-electron chi connectivity index (χ4n) is 0.696. The van der Waals surface area contributed by atoms with E-state index in [4.69, 9.17) is 9.68 Å². The Hall–Kier alpha value is -0.610. The Morgan fingerprint density at radius 3 is 1.85 bits per heavy atom. The average Bonchev–Trinajstić information content (AvgIpc) is 2.16. The molecule has 1 amide bonds. The first-order valence-corrected chi connectivity index (χ1v) is 4.85. The Balaban J connectivity index is 3.34. The second kappa shape index (κ2) is 9.48. The number of carbonyl (C=O) groups excluding carboxylic acids is 1. The Morgan fingerprint density at radius 1 is 1.08 bits per heavy atom. The lowest BCUT2D eigenvalue weighted by Crippen LogP contribution is -2.23. The van der Waals surface area contributed by atoms with Crippen LogP contribution in [-0.4, -0.2) is 24.9 Å². The second-order valence-electron chi connectivity index (χ2n) is 2.76. The lowest BCUT2D eigenvalue weighted by molar-refractivity contribution is -0.333. The molecule has 0 aliphatic carbocycles. The van der Waals surface area contributed by atoms with Crippen molar-refractivity contribution in [3.05, 3.63) is 0 Å². The van der Waals surface area contributed by atoms with E-state index >= 15 is 0 Å². The maximum absolute atomic E-state index is 10.4. The van der Waals surface area contributed by atoms with Crippen molar-refractivity contribution >= 4 is 6.41 Å². The number of amides is 1. The largest absolute Gasteiger partial charge is 0.274 e. The smallest absolute Gasteiger partial charge is 0.261 e. The van der Waals surface area contributed by atoms with Gasteiger partial charge in [-0.15, -0.1) is 0 Å². The van der Waals surface area contributed by atoms with Crippen molar-refractivity contribution in [2.75, 3.05) is 13.2 Å². The summed E-state index contributed by atoms with van der Waals surface area (Å²) in [4.78, 5) is 20.4. The first-order valence-electron chi connectivity index (χ1n) is 4.85. The summed E-state index contributed by atoms with van der Waals surface area (Å²) >= 11 is 0. The molecule has 0 bridgehead atoms. The number of hydrogen-bond acceptors (Lipinski definition) is 3. The van der Waals surface area contributed by atoms with Crippen LogP contribution in [0.2, 0.25) is 0 Å². The molecule has 0 aromatic heterocycles. The minimum absolute atomic E-state index is 0.529. The molecule has 4 heteroatoms. The van der Waals surface area contributed by atoms with Gasteiger partial charge in [0, 0.05) is 0 Å². The molecule has 0 radical (unpaired) electrons. The lowest BCUT2D eigenvalue weighted by Gasteiger charge is -2.15. The summed E-state index contributed by atoms with van der Waals surface area (Å²) in [6, 6.07) is 0. The number of unbranched alkanes of at least 4 members (excludes halogenated alkanes) is 2. The highest BCUT2D eigenvalue weighted by atomic mass is 16.9. The van der Waals surface area contributed by atoms with Crippen LogP contribution in [0.15, 0.2) is 0 Å². The lowest BCUT2D eigenvalue weighted by atomic mass is 10.4. The molecule has 0 atom stereocenters. The van der Waals surface area contributed by atoms with Crippen LogP contribution in [0.3, 0.4) is 0 Å². The topological polar surface area (TPSA) is 38.8 Å². The van der Waals surface area contributed by atoms with Crippen LogP contribution in [0.25, 0.3) is 0 Å². The van der Waals surface area contributed by atoms with E-state index in [0.717, 1.165) is 30.9 Å². The van der Waals surface area contributed by atoms with Crippen molar-refractivity contribution in [3.8, 4) is 0 Å². The minimum atomic E-state index is 0.529. The van der Waals surface area contributed by atoms with Crippen LogP contribution in [0.4, 0.5) is 0 Å². The van der Waals surface area contributed by atoms with Crippen molar-refractivity contribution in [2.45, 2.75) is 39.5 Å². The molecule has 0 rings (SSSR count). The van der Waals surface area contributed by atoms with Gasteiger partial charge in [0.25, 0.3) is 6.41 Å². The van der Waals surface area contributed by atoms with Gasteiger partial charge in [0.05, 0.1) is 13.2 Å². The summed E-state index contributed by atoms with van der Waals surface area (Å²) in [6.07, 6.45) is 4.50. The Bertz CT molecular complexity index is 109. The third kappa shape index (κ3) is 7.74. The van der Waals surface area contributed by atoms with Crippen LogP contribution >= 0.6 is 0 Å². The van der Waals surface area contributed by atoms with Crippen molar-refractivity contribution in [3.63, 3.8) is 0 Å². The molecule has 0 saturated heterocycles. The van der Waals surface area contributed by atoms with Gasteiger partial charge in [0.1, 0.15) is 0 Å². The van der Waals surface area contributed by atoms with E-state index in [9.17, 15) is 4.79 Å². The summed E-state index contributed by atoms with van der Waals surface area (Å²) in [6.45, 7) is 5.18. The van der Waals surface area contributed by atoms with E-state index < -0.39 is 0 Å². The fourth-order valence-corrected chi connectivity index (χ4v) is 0.696. The zero-order valence-corrected chi connectivity index (χ0v) is 8.49. The maximum Gasteiger partial charge on any atom is 0.261 e. The van der Waals surface area contributed by atoms with Gasteiger partial charge in [-0.25, -0.2) is 9.68 Å². The van der Waals surface area contributed by atoms with Gasteiger partial charge >= 0.3 is 0 Å². The molecule has 0 N–H and O–H groups in total. The van der Waals surface area contributed by atoms with Gasteiger partial charge in [-0.05, 0) is 12.8 Å². The summed E-state index contributed by atoms with van der Waals surface area (Å²) in [5.74, 6) is 0.